The summed E-state index contributed by atoms with van der Waals surface area (Å²) < 4.78 is 4.90. The third-order valence-electron chi connectivity index (χ3n) is 9.59. The predicted molar refractivity (Wildman–Crippen MR) is 106 cm³/mol. The topological polar surface area (TPSA) is 104 Å². The second kappa shape index (κ2) is 7.03. The zero-order valence-corrected chi connectivity index (χ0v) is 17.9. The van der Waals surface area contributed by atoms with Gasteiger partial charge in [0.05, 0.1) is 12.2 Å². The number of hydrogen-bond donors (Lipinski definition) is 3. The van der Waals surface area contributed by atoms with Gasteiger partial charge < -0.3 is 20.1 Å². The minimum absolute atomic E-state index is 0.00531. The van der Waals surface area contributed by atoms with Gasteiger partial charge >= 0.3 is 5.97 Å². The molecule has 0 spiro atoms. The first kappa shape index (κ1) is 21.3. The van der Waals surface area contributed by atoms with Crippen LogP contribution >= 0.6 is 0 Å². The summed E-state index contributed by atoms with van der Waals surface area (Å²) in [5.74, 6) is 0.0536. The summed E-state index contributed by atoms with van der Waals surface area (Å²) >= 11 is 0. The Hall–Kier alpha value is -0.980. The van der Waals surface area contributed by atoms with Crippen molar-refractivity contribution in [1.82, 2.24) is 0 Å². The number of aliphatic hydroxyl groups excluding tert-OH is 2. The second-order valence-electron chi connectivity index (χ2n) is 10.8. The zero-order valence-electron chi connectivity index (χ0n) is 17.9. The molecule has 164 valence electrons. The molecule has 0 heterocycles. The number of ketones is 1. The summed E-state index contributed by atoms with van der Waals surface area (Å²) in [5, 5.41) is 33.0. The summed E-state index contributed by atoms with van der Waals surface area (Å²) in [6, 6.07) is 0. The van der Waals surface area contributed by atoms with Crippen molar-refractivity contribution in [3.05, 3.63) is 0 Å². The van der Waals surface area contributed by atoms with E-state index in [9.17, 15) is 24.9 Å². The summed E-state index contributed by atoms with van der Waals surface area (Å²) in [6.45, 7) is 5.09. The summed E-state index contributed by atoms with van der Waals surface area (Å²) in [6.07, 6.45) is 5.26. The lowest BCUT2D eigenvalue weighted by Crippen LogP contribution is -2.63. The Morgan fingerprint density at radius 1 is 1.07 bits per heavy atom. The van der Waals surface area contributed by atoms with E-state index in [2.05, 4.69) is 6.92 Å². The average molecular weight is 409 g/mol. The van der Waals surface area contributed by atoms with E-state index in [1.165, 1.54) is 6.92 Å². The molecule has 6 nitrogen and oxygen atoms in total. The lowest BCUT2D eigenvalue weighted by Gasteiger charge is -2.62. The van der Waals surface area contributed by atoms with Crippen LogP contribution in [0.15, 0.2) is 0 Å². The van der Waals surface area contributed by atoms with Gasteiger partial charge in [0.15, 0.2) is 6.61 Å². The molecule has 0 amide bonds. The van der Waals surface area contributed by atoms with E-state index >= 15 is 0 Å². The monoisotopic (exact) mass is 408 g/mol. The fourth-order valence-electron chi connectivity index (χ4n) is 8.11. The molecule has 6 heteroatoms. The molecule has 0 aromatic carbocycles. The van der Waals surface area contributed by atoms with Gasteiger partial charge in [-0.3, -0.25) is 9.59 Å². The quantitative estimate of drug-likeness (QED) is 0.619. The van der Waals surface area contributed by atoms with Gasteiger partial charge in [0, 0.05) is 12.3 Å². The highest BCUT2D eigenvalue weighted by Gasteiger charge is 2.68. The molecule has 0 aliphatic heterocycles. The fraction of sp³-hybridized carbons (Fsp3) is 0.913. The minimum atomic E-state index is -1.56. The molecule has 29 heavy (non-hydrogen) atoms. The number of hydrogen-bond acceptors (Lipinski definition) is 6. The molecule has 0 aromatic heterocycles. The maximum atomic E-state index is 12.9. The standard InChI is InChI=1S/C23H36O6/c1-13(24)29-12-19(27)23(28)9-7-17-16-5-4-14-10-15(25)6-8-21(14,2)20(16)18(26)11-22(17,23)3/h14-18,20,25-26,28H,4-12H2,1-3H3/t14-,15-,16+,17+,18+,20-,21+,22+,23+/m1/s1. The number of fused-ring (bicyclic) bond motifs is 5. The number of esters is 1. The molecule has 4 rings (SSSR count). The maximum absolute atomic E-state index is 12.9. The van der Waals surface area contributed by atoms with E-state index in [1.54, 1.807) is 0 Å². The Balaban J connectivity index is 1.62. The zero-order chi connectivity index (χ0) is 21.2. The Morgan fingerprint density at radius 2 is 1.79 bits per heavy atom. The Kier molecular flexibility index (Phi) is 5.15. The van der Waals surface area contributed by atoms with Gasteiger partial charge in [-0.15, -0.1) is 0 Å². The molecule has 4 aliphatic carbocycles. The average Bonchev–Trinajstić information content (AvgIpc) is 2.91. The largest absolute Gasteiger partial charge is 0.458 e. The van der Waals surface area contributed by atoms with Crippen LogP contribution in [0.25, 0.3) is 0 Å². The van der Waals surface area contributed by atoms with Crippen LogP contribution in [0.5, 0.6) is 0 Å². The summed E-state index contributed by atoms with van der Waals surface area (Å²) in [5.41, 5.74) is -2.26. The third-order valence-corrected chi connectivity index (χ3v) is 9.59. The van der Waals surface area contributed by atoms with E-state index in [0.717, 1.165) is 38.5 Å². The number of ether oxygens (including phenoxy) is 1. The number of aliphatic hydroxyl groups is 3. The highest BCUT2D eigenvalue weighted by atomic mass is 16.5. The van der Waals surface area contributed by atoms with Crippen molar-refractivity contribution in [3.63, 3.8) is 0 Å². The number of carbonyl (C=O) groups excluding carboxylic acids is 2. The van der Waals surface area contributed by atoms with Crippen LogP contribution in [-0.2, 0) is 14.3 Å². The molecule has 9 atom stereocenters. The third kappa shape index (κ3) is 3.01. The summed E-state index contributed by atoms with van der Waals surface area (Å²) in [4.78, 5) is 24.0. The molecule has 4 saturated carbocycles. The lowest BCUT2D eigenvalue weighted by atomic mass is 9.43. The maximum Gasteiger partial charge on any atom is 0.303 e. The first-order valence-electron chi connectivity index (χ1n) is 11.3. The minimum Gasteiger partial charge on any atom is -0.458 e. The smallest absolute Gasteiger partial charge is 0.303 e. The van der Waals surface area contributed by atoms with Crippen molar-refractivity contribution in [2.45, 2.75) is 89.9 Å². The molecule has 0 unspecified atom stereocenters. The highest BCUT2D eigenvalue weighted by Crippen LogP contribution is 2.68. The van der Waals surface area contributed by atoms with Crippen LogP contribution in [-0.4, -0.2) is 51.5 Å². The SMILES string of the molecule is CC(=O)OCC(=O)[C@@]1(O)CC[C@H]2[C@@H]3CC[C@@H]4C[C@H](O)CC[C@]4(C)[C@H]3[C@@H](O)C[C@@]21C. The van der Waals surface area contributed by atoms with Crippen LogP contribution in [0.2, 0.25) is 0 Å². The number of Topliss-reactive ketones (excluding diaryl/α,β-unsaturated/α-hetero) is 1. The molecule has 0 saturated heterocycles. The molecule has 3 N–H and O–H groups in total. The molecule has 4 aliphatic rings. The van der Waals surface area contributed by atoms with Gasteiger partial charge in [-0.25, -0.2) is 0 Å². The van der Waals surface area contributed by atoms with Crippen LogP contribution in [0.4, 0.5) is 0 Å². The fourth-order valence-corrected chi connectivity index (χ4v) is 8.11. The van der Waals surface area contributed by atoms with Crippen molar-refractivity contribution in [2.24, 2.45) is 34.5 Å². The second-order valence-corrected chi connectivity index (χ2v) is 10.8. The predicted octanol–water partition coefficient (Wildman–Crippen LogP) is 2.22. The van der Waals surface area contributed by atoms with Gasteiger partial charge in [-0.05, 0) is 80.5 Å². The molecule has 0 aromatic rings. The highest BCUT2D eigenvalue weighted by molar-refractivity contribution is 5.90. The lowest BCUT2D eigenvalue weighted by molar-refractivity contribution is -0.203. The van der Waals surface area contributed by atoms with Crippen LogP contribution in [0.1, 0.15) is 72.1 Å². The van der Waals surface area contributed by atoms with Crippen LogP contribution < -0.4 is 0 Å². The van der Waals surface area contributed by atoms with Crippen molar-refractivity contribution >= 4 is 11.8 Å². The van der Waals surface area contributed by atoms with Crippen molar-refractivity contribution in [1.29, 1.82) is 0 Å². The van der Waals surface area contributed by atoms with E-state index in [-0.39, 0.29) is 29.3 Å². The summed E-state index contributed by atoms with van der Waals surface area (Å²) in [7, 11) is 0. The van der Waals surface area contributed by atoms with E-state index in [0.29, 0.717) is 18.8 Å². The Morgan fingerprint density at radius 3 is 2.48 bits per heavy atom. The first-order chi connectivity index (χ1) is 13.5. The van der Waals surface area contributed by atoms with Gasteiger partial charge in [-0.1, -0.05) is 13.8 Å². The molecule has 0 radical (unpaired) electrons. The number of rotatable bonds is 3. The molecular formula is C23H36O6. The normalized spacial score (nSPS) is 51.5. The van der Waals surface area contributed by atoms with Gasteiger partial charge in [-0.2, -0.15) is 0 Å². The number of carbonyl (C=O) groups is 2. The van der Waals surface area contributed by atoms with Gasteiger partial charge in [0.25, 0.3) is 0 Å². The van der Waals surface area contributed by atoms with Crippen molar-refractivity contribution in [2.75, 3.05) is 6.61 Å². The van der Waals surface area contributed by atoms with Crippen LogP contribution in [0, 0.1) is 34.5 Å². The van der Waals surface area contributed by atoms with Crippen molar-refractivity contribution < 1.29 is 29.6 Å². The molecule has 0 bridgehead atoms. The Bertz CT molecular complexity index is 693. The Labute approximate surface area is 173 Å². The molecule has 4 fully saturated rings. The first-order valence-corrected chi connectivity index (χ1v) is 11.3. The van der Waals surface area contributed by atoms with Gasteiger partial charge in [0.2, 0.25) is 5.78 Å². The van der Waals surface area contributed by atoms with Crippen molar-refractivity contribution in [3.8, 4) is 0 Å². The van der Waals surface area contributed by atoms with E-state index in [1.807, 2.05) is 6.92 Å². The molecular weight excluding hydrogens is 372 g/mol. The van der Waals surface area contributed by atoms with Gasteiger partial charge in [0.1, 0.15) is 5.60 Å². The van der Waals surface area contributed by atoms with Crippen LogP contribution in [0.3, 0.4) is 0 Å². The van der Waals surface area contributed by atoms with E-state index < -0.39 is 35.5 Å². The van der Waals surface area contributed by atoms with E-state index in [4.69, 9.17) is 4.74 Å².